The van der Waals surface area contributed by atoms with Crippen molar-refractivity contribution >= 4 is 46.4 Å². The largest absolute Gasteiger partial charge is 0.321 e. The second kappa shape index (κ2) is 7.26. The third-order valence-corrected chi connectivity index (χ3v) is 5.23. The van der Waals surface area contributed by atoms with Crippen LogP contribution >= 0.6 is 23.2 Å². The molecule has 1 aliphatic rings. The van der Waals surface area contributed by atoms with Crippen LogP contribution in [0.4, 0.5) is 11.4 Å². The van der Waals surface area contributed by atoms with Gasteiger partial charge in [-0.1, -0.05) is 41.4 Å². The van der Waals surface area contributed by atoms with Crippen molar-refractivity contribution in [1.82, 2.24) is 4.98 Å². The maximum Gasteiger partial charge on any atom is 0.274 e. The number of amides is 2. The van der Waals surface area contributed by atoms with E-state index in [1.165, 1.54) is 0 Å². The van der Waals surface area contributed by atoms with Gasteiger partial charge in [-0.2, -0.15) is 0 Å². The third kappa shape index (κ3) is 3.23. The average Bonchev–Trinajstić information content (AvgIpc) is 3.00. The van der Waals surface area contributed by atoms with Gasteiger partial charge in [0.2, 0.25) is 0 Å². The van der Waals surface area contributed by atoms with Gasteiger partial charge in [-0.25, -0.2) is 0 Å². The summed E-state index contributed by atoms with van der Waals surface area (Å²) in [6, 6.07) is 14.0. The van der Waals surface area contributed by atoms with Crippen molar-refractivity contribution in [1.29, 1.82) is 0 Å². The minimum atomic E-state index is -0.321. The molecular weight excluding hydrogens is 397 g/mol. The molecule has 0 saturated carbocycles. The molecule has 5 nitrogen and oxygen atoms in total. The number of anilines is 2. The van der Waals surface area contributed by atoms with Crippen LogP contribution < -0.4 is 10.2 Å². The van der Waals surface area contributed by atoms with E-state index < -0.39 is 0 Å². The maximum absolute atomic E-state index is 12.8. The van der Waals surface area contributed by atoms with E-state index in [4.69, 9.17) is 23.2 Å². The van der Waals surface area contributed by atoms with Gasteiger partial charge in [-0.3, -0.25) is 14.6 Å². The van der Waals surface area contributed by atoms with Crippen LogP contribution in [0, 0.1) is 6.92 Å². The first-order valence-corrected chi connectivity index (χ1v) is 9.33. The quantitative estimate of drug-likeness (QED) is 0.651. The first-order valence-electron chi connectivity index (χ1n) is 8.57. The van der Waals surface area contributed by atoms with E-state index >= 15 is 0 Å². The molecule has 4 rings (SSSR count). The Bertz CT molecular complexity index is 1110. The van der Waals surface area contributed by atoms with Gasteiger partial charge in [-0.15, -0.1) is 0 Å². The highest BCUT2D eigenvalue weighted by Gasteiger charge is 2.31. The molecule has 0 unspecified atom stereocenters. The molecule has 1 aliphatic heterocycles. The fraction of sp³-hybridized carbons (Fsp3) is 0.0952. The predicted molar refractivity (Wildman–Crippen MR) is 110 cm³/mol. The van der Waals surface area contributed by atoms with Crippen LogP contribution in [0.2, 0.25) is 10.0 Å². The van der Waals surface area contributed by atoms with Gasteiger partial charge in [0.05, 0.1) is 27.8 Å². The van der Waals surface area contributed by atoms with Crippen LogP contribution in [0.15, 0.2) is 54.7 Å². The third-order valence-electron chi connectivity index (χ3n) is 4.61. The van der Waals surface area contributed by atoms with Crippen LogP contribution in [0.1, 0.15) is 32.0 Å². The Kier molecular flexibility index (Phi) is 4.79. The summed E-state index contributed by atoms with van der Waals surface area (Å²) >= 11 is 12.6. The summed E-state index contributed by atoms with van der Waals surface area (Å²) in [6.07, 6.45) is 1.57. The Labute approximate surface area is 171 Å². The zero-order valence-electron chi connectivity index (χ0n) is 14.9. The Morgan fingerprint density at radius 3 is 2.64 bits per heavy atom. The maximum atomic E-state index is 12.8. The lowest BCUT2D eigenvalue weighted by Gasteiger charge is -2.18. The topological polar surface area (TPSA) is 62.3 Å². The molecule has 0 saturated heterocycles. The molecule has 7 heteroatoms. The van der Waals surface area contributed by atoms with Crippen molar-refractivity contribution in [2.24, 2.45) is 0 Å². The van der Waals surface area contributed by atoms with E-state index in [-0.39, 0.29) is 11.8 Å². The highest BCUT2D eigenvalue weighted by molar-refractivity contribution is 6.37. The number of pyridine rings is 1. The summed E-state index contributed by atoms with van der Waals surface area (Å²) in [5.74, 6) is -0.512. The molecule has 0 spiro atoms. The summed E-state index contributed by atoms with van der Waals surface area (Å²) < 4.78 is 0. The number of benzene rings is 2. The van der Waals surface area contributed by atoms with Crippen molar-refractivity contribution in [3.05, 3.63) is 87.2 Å². The summed E-state index contributed by atoms with van der Waals surface area (Å²) in [5, 5.41) is 3.57. The van der Waals surface area contributed by atoms with Crippen molar-refractivity contribution in [3.63, 3.8) is 0 Å². The van der Waals surface area contributed by atoms with E-state index in [1.807, 2.05) is 25.1 Å². The molecule has 2 aromatic carbocycles. The number of hydrogen-bond donors (Lipinski definition) is 1. The van der Waals surface area contributed by atoms with E-state index in [0.29, 0.717) is 39.2 Å². The van der Waals surface area contributed by atoms with E-state index in [0.717, 1.165) is 11.1 Å². The molecule has 0 bridgehead atoms. The number of nitrogens with one attached hydrogen (secondary N) is 1. The van der Waals surface area contributed by atoms with Crippen LogP contribution in [0.3, 0.4) is 0 Å². The number of fused-ring (bicyclic) bond motifs is 1. The minimum Gasteiger partial charge on any atom is -0.321 e. The van der Waals surface area contributed by atoms with Gasteiger partial charge in [-0.05, 0) is 48.4 Å². The molecule has 0 radical (unpaired) electrons. The first kappa shape index (κ1) is 18.5. The molecule has 3 aromatic rings. The Morgan fingerprint density at radius 2 is 1.93 bits per heavy atom. The molecule has 0 aliphatic carbocycles. The summed E-state index contributed by atoms with van der Waals surface area (Å²) in [4.78, 5) is 30.9. The van der Waals surface area contributed by atoms with Crippen LogP contribution in [0.25, 0.3) is 0 Å². The average molecular weight is 412 g/mol. The van der Waals surface area contributed by atoms with Crippen molar-refractivity contribution < 1.29 is 9.59 Å². The Hall–Kier alpha value is -2.89. The minimum absolute atomic E-state index is 0.191. The van der Waals surface area contributed by atoms with Gasteiger partial charge >= 0.3 is 0 Å². The second-order valence-corrected chi connectivity index (χ2v) is 7.27. The smallest absolute Gasteiger partial charge is 0.274 e. The zero-order valence-corrected chi connectivity index (χ0v) is 16.4. The zero-order chi connectivity index (χ0) is 19.8. The van der Waals surface area contributed by atoms with Gasteiger partial charge in [0.15, 0.2) is 0 Å². The van der Waals surface area contributed by atoms with Crippen molar-refractivity contribution in [2.45, 2.75) is 13.5 Å². The number of halogens is 2. The lowest BCUT2D eigenvalue weighted by atomic mass is 10.1. The molecule has 2 amide bonds. The molecule has 1 aromatic heterocycles. The number of aryl methyl sites for hydroxylation is 1. The summed E-state index contributed by atoms with van der Waals surface area (Å²) in [7, 11) is 0. The standard InChI is InChI=1S/C21H15Cl2N3O2/c1-12-4-3-9-24-19(12)20(27)25-14-7-8-17(16(23)10-14)26-11-13-5-2-6-15(22)18(13)21(26)28/h2-10H,11H2,1H3,(H,25,27). The fourth-order valence-electron chi connectivity index (χ4n) is 3.23. The SMILES string of the molecule is Cc1cccnc1C(=O)Nc1ccc(N2Cc3cccc(Cl)c3C2=O)c(Cl)c1. The molecule has 0 fully saturated rings. The van der Waals surface area contributed by atoms with Crippen molar-refractivity contribution in [2.75, 3.05) is 10.2 Å². The highest BCUT2D eigenvalue weighted by atomic mass is 35.5. The molecule has 1 N–H and O–H groups in total. The Morgan fingerprint density at radius 1 is 1.11 bits per heavy atom. The van der Waals surface area contributed by atoms with E-state index in [9.17, 15) is 9.59 Å². The predicted octanol–water partition coefficient (Wildman–Crippen LogP) is 5.11. The molecule has 28 heavy (non-hydrogen) atoms. The number of hydrogen-bond acceptors (Lipinski definition) is 3. The van der Waals surface area contributed by atoms with Crippen LogP contribution in [-0.4, -0.2) is 16.8 Å². The van der Waals surface area contributed by atoms with Gasteiger partial charge in [0, 0.05) is 11.9 Å². The van der Waals surface area contributed by atoms with E-state index in [2.05, 4.69) is 10.3 Å². The lowest BCUT2D eigenvalue weighted by Crippen LogP contribution is -2.23. The van der Waals surface area contributed by atoms with Crippen LogP contribution in [0.5, 0.6) is 0 Å². The molecule has 0 atom stereocenters. The number of rotatable bonds is 3. The molecular formula is C21H15Cl2N3O2. The second-order valence-electron chi connectivity index (χ2n) is 6.45. The normalized spacial score (nSPS) is 12.8. The molecule has 2 heterocycles. The summed E-state index contributed by atoms with van der Waals surface area (Å²) in [6.45, 7) is 2.22. The lowest BCUT2D eigenvalue weighted by molar-refractivity contribution is 0.0993. The van der Waals surface area contributed by atoms with Crippen LogP contribution in [-0.2, 0) is 6.54 Å². The number of carbonyl (C=O) groups excluding carboxylic acids is 2. The van der Waals surface area contributed by atoms with Gasteiger partial charge in [0.25, 0.3) is 11.8 Å². The highest BCUT2D eigenvalue weighted by Crippen LogP contribution is 2.37. The van der Waals surface area contributed by atoms with Gasteiger partial charge < -0.3 is 10.2 Å². The fourth-order valence-corrected chi connectivity index (χ4v) is 3.79. The Balaban J connectivity index is 1.58. The number of carbonyl (C=O) groups is 2. The van der Waals surface area contributed by atoms with E-state index in [1.54, 1.807) is 41.4 Å². The van der Waals surface area contributed by atoms with Crippen molar-refractivity contribution in [3.8, 4) is 0 Å². The summed E-state index contributed by atoms with van der Waals surface area (Å²) in [5.41, 5.74) is 3.57. The number of aromatic nitrogens is 1. The monoisotopic (exact) mass is 411 g/mol. The molecule has 140 valence electrons. The first-order chi connectivity index (χ1) is 13.5. The number of nitrogens with zero attached hydrogens (tertiary/aromatic N) is 2. The van der Waals surface area contributed by atoms with Gasteiger partial charge in [0.1, 0.15) is 5.69 Å².